The van der Waals surface area contributed by atoms with Crippen molar-refractivity contribution in [2.75, 3.05) is 33.3 Å². The molecule has 0 aromatic heterocycles. The first-order chi connectivity index (χ1) is 12.6. The molecule has 1 fully saturated rings. The lowest BCUT2D eigenvalue weighted by Gasteiger charge is -2.22. The van der Waals surface area contributed by atoms with Crippen molar-refractivity contribution in [3.63, 3.8) is 0 Å². The minimum Gasteiger partial charge on any atom is -0.497 e. The summed E-state index contributed by atoms with van der Waals surface area (Å²) >= 11 is 0. The Balaban J connectivity index is 1.62. The molecule has 0 saturated carbocycles. The van der Waals surface area contributed by atoms with Gasteiger partial charge in [0.1, 0.15) is 5.75 Å². The van der Waals surface area contributed by atoms with Gasteiger partial charge in [-0.25, -0.2) is 0 Å². The van der Waals surface area contributed by atoms with Crippen LogP contribution in [0.3, 0.4) is 0 Å². The average molecular weight is 352 g/mol. The summed E-state index contributed by atoms with van der Waals surface area (Å²) in [5, 5.41) is 0. The summed E-state index contributed by atoms with van der Waals surface area (Å²) in [5.74, 6) is 0.818. The van der Waals surface area contributed by atoms with Gasteiger partial charge in [0.25, 0.3) is 5.91 Å². The molecule has 0 unspecified atom stereocenters. The Morgan fingerprint density at radius 3 is 2.62 bits per heavy atom. The summed E-state index contributed by atoms with van der Waals surface area (Å²) < 4.78 is 5.24. The molecular formula is C22H28N2O2. The maximum Gasteiger partial charge on any atom is 0.254 e. The predicted molar refractivity (Wildman–Crippen MR) is 105 cm³/mol. The maximum atomic E-state index is 12.8. The third-order valence-corrected chi connectivity index (χ3v) is 5.17. The number of rotatable bonds is 4. The number of methoxy groups -OCH3 is 1. The monoisotopic (exact) mass is 352 g/mol. The Kier molecular flexibility index (Phi) is 5.94. The van der Waals surface area contributed by atoms with Gasteiger partial charge >= 0.3 is 0 Å². The Bertz CT molecular complexity index is 772. The summed E-state index contributed by atoms with van der Waals surface area (Å²) in [5.41, 5.74) is 4.72. The van der Waals surface area contributed by atoms with Crippen LogP contribution in [-0.4, -0.2) is 49.0 Å². The van der Waals surface area contributed by atoms with Crippen LogP contribution in [0.1, 0.15) is 33.5 Å². The molecule has 3 rings (SSSR count). The number of hydrogen-bond donors (Lipinski definition) is 0. The standard InChI is InChI=1S/C22H28N2O2/c1-17-8-9-19(14-18(17)2)16-23-10-5-11-24(13-12-23)22(25)20-6-4-7-21(15-20)26-3/h4,6-9,14-15H,5,10-13,16H2,1-3H3. The molecule has 4 heteroatoms. The highest BCUT2D eigenvalue weighted by molar-refractivity contribution is 5.94. The van der Waals surface area contributed by atoms with Crippen molar-refractivity contribution < 1.29 is 9.53 Å². The molecule has 2 aromatic carbocycles. The van der Waals surface area contributed by atoms with Crippen molar-refractivity contribution in [1.29, 1.82) is 0 Å². The SMILES string of the molecule is COc1cccc(C(=O)N2CCCN(Cc3ccc(C)c(C)c3)CC2)c1. The molecule has 138 valence electrons. The molecule has 4 nitrogen and oxygen atoms in total. The smallest absolute Gasteiger partial charge is 0.254 e. The topological polar surface area (TPSA) is 32.8 Å². The molecule has 1 amide bonds. The van der Waals surface area contributed by atoms with Crippen molar-refractivity contribution in [3.05, 3.63) is 64.7 Å². The van der Waals surface area contributed by atoms with Crippen LogP contribution in [0.4, 0.5) is 0 Å². The molecule has 0 bridgehead atoms. The van der Waals surface area contributed by atoms with E-state index in [2.05, 4.69) is 36.9 Å². The van der Waals surface area contributed by atoms with Crippen molar-refractivity contribution >= 4 is 5.91 Å². The normalized spacial score (nSPS) is 15.6. The minimum atomic E-state index is 0.0944. The van der Waals surface area contributed by atoms with Gasteiger partial charge in [0.2, 0.25) is 0 Å². The maximum absolute atomic E-state index is 12.8. The summed E-state index contributed by atoms with van der Waals surface area (Å²) in [6.45, 7) is 8.75. The van der Waals surface area contributed by atoms with E-state index in [0.717, 1.165) is 44.9 Å². The van der Waals surface area contributed by atoms with Crippen LogP contribution >= 0.6 is 0 Å². The zero-order valence-corrected chi connectivity index (χ0v) is 16.0. The minimum absolute atomic E-state index is 0.0944. The van der Waals surface area contributed by atoms with E-state index in [0.29, 0.717) is 5.56 Å². The zero-order chi connectivity index (χ0) is 18.5. The van der Waals surface area contributed by atoms with Crippen molar-refractivity contribution in [2.45, 2.75) is 26.8 Å². The molecule has 1 saturated heterocycles. The fourth-order valence-electron chi connectivity index (χ4n) is 3.43. The number of hydrogen-bond acceptors (Lipinski definition) is 3. The Morgan fingerprint density at radius 1 is 1.00 bits per heavy atom. The van der Waals surface area contributed by atoms with Crippen LogP contribution in [0.2, 0.25) is 0 Å². The Hall–Kier alpha value is -2.33. The summed E-state index contributed by atoms with van der Waals surface area (Å²) in [6.07, 6.45) is 1.00. The molecule has 26 heavy (non-hydrogen) atoms. The fourth-order valence-corrected chi connectivity index (χ4v) is 3.43. The molecule has 0 spiro atoms. The Morgan fingerprint density at radius 2 is 1.85 bits per heavy atom. The second-order valence-corrected chi connectivity index (χ2v) is 7.07. The fraction of sp³-hybridized carbons (Fsp3) is 0.409. The van der Waals surface area contributed by atoms with Crippen molar-refractivity contribution in [2.24, 2.45) is 0 Å². The van der Waals surface area contributed by atoms with Crippen molar-refractivity contribution in [3.8, 4) is 5.75 Å². The molecule has 2 aromatic rings. The quantitative estimate of drug-likeness (QED) is 0.842. The van der Waals surface area contributed by atoms with Gasteiger partial charge in [0.05, 0.1) is 7.11 Å². The summed E-state index contributed by atoms with van der Waals surface area (Å²) in [4.78, 5) is 17.2. The van der Waals surface area contributed by atoms with Crippen LogP contribution in [-0.2, 0) is 6.54 Å². The lowest BCUT2D eigenvalue weighted by molar-refractivity contribution is 0.0760. The largest absolute Gasteiger partial charge is 0.497 e. The number of carbonyl (C=O) groups excluding carboxylic acids is 1. The predicted octanol–water partition coefficient (Wildman–Crippen LogP) is 3.66. The summed E-state index contributed by atoms with van der Waals surface area (Å²) in [7, 11) is 1.63. The molecule has 1 aliphatic heterocycles. The number of ether oxygens (including phenoxy) is 1. The second-order valence-electron chi connectivity index (χ2n) is 7.07. The van der Waals surface area contributed by atoms with E-state index >= 15 is 0 Å². The highest BCUT2D eigenvalue weighted by atomic mass is 16.5. The van der Waals surface area contributed by atoms with E-state index in [1.54, 1.807) is 7.11 Å². The van der Waals surface area contributed by atoms with Crippen LogP contribution in [0.15, 0.2) is 42.5 Å². The lowest BCUT2D eigenvalue weighted by atomic mass is 10.1. The van der Waals surface area contributed by atoms with Gasteiger partial charge in [-0.1, -0.05) is 24.3 Å². The Labute approximate surface area is 156 Å². The van der Waals surface area contributed by atoms with Gasteiger partial charge in [-0.3, -0.25) is 9.69 Å². The number of benzene rings is 2. The van der Waals surface area contributed by atoms with Gasteiger partial charge in [-0.15, -0.1) is 0 Å². The van der Waals surface area contributed by atoms with E-state index < -0.39 is 0 Å². The highest BCUT2D eigenvalue weighted by Gasteiger charge is 2.20. The first-order valence-electron chi connectivity index (χ1n) is 9.28. The molecular weight excluding hydrogens is 324 g/mol. The van der Waals surface area contributed by atoms with E-state index in [1.807, 2.05) is 29.2 Å². The molecule has 1 heterocycles. The van der Waals surface area contributed by atoms with Crippen LogP contribution in [0, 0.1) is 13.8 Å². The molecule has 0 N–H and O–H groups in total. The lowest BCUT2D eigenvalue weighted by Crippen LogP contribution is -2.35. The number of carbonyl (C=O) groups is 1. The van der Waals surface area contributed by atoms with Crippen LogP contribution < -0.4 is 4.74 Å². The number of nitrogens with zero attached hydrogens (tertiary/aromatic N) is 2. The average Bonchev–Trinajstić information content (AvgIpc) is 2.90. The number of amides is 1. The summed E-state index contributed by atoms with van der Waals surface area (Å²) in [6, 6.07) is 14.1. The van der Waals surface area contributed by atoms with E-state index in [9.17, 15) is 4.79 Å². The van der Waals surface area contributed by atoms with Crippen molar-refractivity contribution in [1.82, 2.24) is 9.80 Å². The van der Waals surface area contributed by atoms with E-state index in [1.165, 1.54) is 16.7 Å². The van der Waals surface area contributed by atoms with Gasteiger partial charge in [0, 0.05) is 38.3 Å². The number of aryl methyl sites for hydroxylation is 2. The van der Waals surface area contributed by atoms with Gasteiger partial charge in [-0.2, -0.15) is 0 Å². The molecule has 0 aliphatic carbocycles. The van der Waals surface area contributed by atoms with Gasteiger partial charge in [-0.05, 0) is 55.2 Å². The molecule has 0 atom stereocenters. The molecule has 0 radical (unpaired) electrons. The molecule has 1 aliphatic rings. The first-order valence-corrected chi connectivity index (χ1v) is 9.28. The van der Waals surface area contributed by atoms with E-state index in [-0.39, 0.29) is 5.91 Å². The third-order valence-electron chi connectivity index (χ3n) is 5.17. The highest BCUT2D eigenvalue weighted by Crippen LogP contribution is 2.17. The van der Waals surface area contributed by atoms with Crippen LogP contribution in [0.25, 0.3) is 0 Å². The second kappa shape index (κ2) is 8.37. The van der Waals surface area contributed by atoms with Gasteiger partial charge < -0.3 is 9.64 Å². The van der Waals surface area contributed by atoms with Gasteiger partial charge in [0.15, 0.2) is 0 Å². The van der Waals surface area contributed by atoms with E-state index in [4.69, 9.17) is 4.74 Å². The first kappa shape index (κ1) is 18.5. The zero-order valence-electron chi connectivity index (χ0n) is 16.0. The van der Waals surface area contributed by atoms with Crippen LogP contribution in [0.5, 0.6) is 5.75 Å². The third kappa shape index (κ3) is 4.44.